The predicted molar refractivity (Wildman–Crippen MR) is 74.9 cm³/mol. The van der Waals surface area contributed by atoms with Crippen LogP contribution in [-0.2, 0) is 16.1 Å². The number of hydrogen-bond donors (Lipinski definition) is 1. The van der Waals surface area contributed by atoms with E-state index in [4.69, 9.17) is 10.7 Å². The summed E-state index contributed by atoms with van der Waals surface area (Å²) in [6.07, 6.45) is 2.91. The molecule has 0 unspecified atom stereocenters. The molecular formula is C12H19ClN2O3S. The monoisotopic (exact) mass is 306 g/mol. The first-order chi connectivity index (χ1) is 8.63. The first kappa shape index (κ1) is 16.0. The third-order valence-corrected chi connectivity index (χ3v) is 4.79. The second-order valence-electron chi connectivity index (χ2n) is 4.83. The highest BCUT2D eigenvalue weighted by atomic mass is 35.7. The molecule has 0 fully saturated rings. The maximum absolute atomic E-state index is 12.2. The highest BCUT2D eigenvalue weighted by molar-refractivity contribution is 8.13. The summed E-state index contributed by atoms with van der Waals surface area (Å²) in [6.45, 7) is 5.93. The number of aryl methyl sites for hydroxylation is 1. The van der Waals surface area contributed by atoms with Crippen molar-refractivity contribution in [3.8, 4) is 0 Å². The fourth-order valence-corrected chi connectivity index (χ4v) is 2.45. The number of amides is 1. The number of hydrogen-bond acceptors (Lipinski definition) is 3. The molecule has 1 heterocycles. The Kier molecular flexibility index (Phi) is 4.68. The van der Waals surface area contributed by atoms with Gasteiger partial charge in [-0.05, 0) is 25.8 Å². The molecule has 0 atom stereocenters. The van der Waals surface area contributed by atoms with Gasteiger partial charge in [0.1, 0.15) is 10.6 Å². The van der Waals surface area contributed by atoms with Crippen molar-refractivity contribution in [3.05, 3.63) is 18.0 Å². The van der Waals surface area contributed by atoms with Crippen LogP contribution < -0.4 is 5.32 Å². The Morgan fingerprint density at radius 1 is 1.42 bits per heavy atom. The van der Waals surface area contributed by atoms with Crippen molar-refractivity contribution in [1.29, 1.82) is 0 Å². The highest BCUT2D eigenvalue weighted by Crippen LogP contribution is 2.19. The Morgan fingerprint density at radius 3 is 2.32 bits per heavy atom. The molecule has 0 radical (unpaired) electrons. The van der Waals surface area contributed by atoms with E-state index in [1.807, 2.05) is 20.8 Å². The van der Waals surface area contributed by atoms with Crippen LogP contribution in [0.25, 0.3) is 0 Å². The van der Waals surface area contributed by atoms with Crippen molar-refractivity contribution in [2.45, 2.75) is 44.0 Å². The van der Waals surface area contributed by atoms with Crippen LogP contribution in [0.3, 0.4) is 0 Å². The van der Waals surface area contributed by atoms with Gasteiger partial charge in [-0.25, -0.2) is 8.42 Å². The first-order valence-corrected chi connectivity index (χ1v) is 8.37. The molecule has 0 saturated carbocycles. The summed E-state index contributed by atoms with van der Waals surface area (Å²) in [7, 11) is 3.05. The lowest BCUT2D eigenvalue weighted by Gasteiger charge is -2.28. The molecule has 0 saturated heterocycles. The highest BCUT2D eigenvalue weighted by Gasteiger charge is 2.25. The summed E-state index contributed by atoms with van der Waals surface area (Å²) in [5, 5.41) is 2.92. The summed E-state index contributed by atoms with van der Waals surface area (Å²) in [6, 6.07) is 1.28. The SMILES string of the molecule is CCC(C)(CC)NC(=O)c1cc(S(=O)(=O)Cl)cn1C. The van der Waals surface area contributed by atoms with Crippen LogP contribution in [0.15, 0.2) is 17.2 Å². The molecule has 1 rings (SSSR count). The van der Waals surface area contributed by atoms with E-state index in [9.17, 15) is 13.2 Å². The van der Waals surface area contributed by atoms with E-state index in [2.05, 4.69) is 5.32 Å². The molecule has 0 bridgehead atoms. The van der Waals surface area contributed by atoms with E-state index in [1.54, 1.807) is 7.05 Å². The van der Waals surface area contributed by atoms with Crippen molar-refractivity contribution in [3.63, 3.8) is 0 Å². The van der Waals surface area contributed by atoms with Crippen molar-refractivity contribution < 1.29 is 13.2 Å². The molecule has 7 heteroatoms. The number of carbonyl (C=O) groups excluding carboxylic acids is 1. The normalized spacial score (nSPS) is 12.5. The van der Waals surface area contributed by atoms with Crippen molar-refractivity contribution in [2.75, 3.05) is 0 Å². The van der Waals surface area contributed by atoms with Gasteiger partial charge in [-0.15, -0.1) is 0 Å². The summed E-state index contributed by atoms with van der Waals surface area (Å²) >= 11 is 0. The van der Waals surface area contributed by atoms with Gasteiger partial charge in [0.25, 0.3) is 15.0 Å². The molecule has 5 nitrogen and oxygen atoms in total. The van der Waals surface area contributed by atoms with Gasteiger partial charge in [-0.1, -0.05) is 13.8 Å². The molecule has 19 heavy (non-hydrogen) atoms. The lowest BCUT2D eigenvalue weighted by atomic mass is 9.95. The lowest BCUT2D eigenvalue weighted by Crippen LogP contribution is -2.45. The first-order valence-electron chi connectivity index (χ1n) is 6.06. The van der Waals surface area contributed by atoms with E-state index in [-0.39, 0.29) is 22.0 Å². The molecule has 1 amide bonds. The number of nitrogens with zero attached hydrogens (tertiary/aromatic N) is 1. The average molecular weight is 307 g/mol. The van der Waals surface area contributed by atoms with Crippen LogP contribution in [0.1, 0.15) is 44.1 Å². The van der Waals surface area contributed by atoms with E-state index in [0.29, 0.717) is 0 Å². The molecule has 1 N–H and O–H groups in total. The Labute approximate surface area is 118 Å². The average Bonchev–Trinajstić information content (AvgIpc) is 2.71. The zero-order valence-electron chi connectivity index (χ0n) is 11.5. The zero-order chi connectivity index (χ0) is 14.8. The van der Waals surface area contributed by atoms with Crippen molar-refractivity contribution in [1.82, 2.24) is 9.88 Å². The van der Waals surface area contributed by atoms with Gasteiger partial charge in [0.15, 0.2) is 0 Å². The van der Waals surface area contributed by atoms with E-state index < -0.39 is 9.05 Å². The number of nitrogens with one attached hydrogen (secondary N) is 1. The number of aromatic nitrogens is 1. The number of halogens is 1. The summed E-state index contributed by atoms with van der Waals surface area (Å²) in [5.41, 5.74) is -0.0335. The Hall–Kier alpha value is -1.01. The smallest absolute Gasteiger partial charge is 0.268 e. The topological polar surface area (TPSA) is 68.2 Å². The van der Waals surface area contributed by atoms with Gasteiger partial charge in [0.05, 0.1) is 0 Å². The zero-order valence-corrected chi connectivity index (χ0v) is 13.1. The van der Waals surface area contributed by atoms with Crippen LogP contribution in [-0.4, -0.2) is 24.4 Å². The maximum Gasteiger partial charge on any atom is 0.268 e. The Balaban J connectivity index is 3.05. The molecule has 0 spiro atoms. The van der Waals surface area contributed by atoms with Gasteiger partial charge in [0, 0.05) is 29.5 Å². The van der Waals surface area contributed by atoms with Crippen molar-refractivity contribution >= 4 is 25.6 Å². The Morgan fingerprint density at radius 2 is 1.95 bits per heavy atom. The number of carbonyl (C=O) groups is 1. The number of rotatable bonds is 5. The van der Waals surface area contributed by atoms with Gasteiger partial charge in [0.2, 0.25) is 0 Å². The van der Waals surface area contributed by atoms with E-state index >= 15 is 0 Å². The third kappa shape index (κ3) is 3.73. The molecule has 0 aliphatic heterocycles. The fraction of sp³-hybridized carbons (Fsp3) is 0.583. The minimum Gasteiger partial charge on any atom is -0.346 e. The fourth-order valence-electron chi connectivity index (χ4n) is 1.66. The summed E-state index contributed by atoms with van der Waals surface area (Å²) < 4.78 is 23.9. The minimum atomic E-state index is -3.82. The molecule has 1 aromatic rings. The predicted octanol–water partition coefficient (Wildman–Crippen LogP) is 2.26. The van der Waals surface area contributed by atoms with Crippen LogP contribution in [0.5, 0.6) is 0 Å². The lowest BCUT2D eigenvalue weighted by molar-refractivity contribution is 0.0892. The Bertz CT molecular complexity index is 574. The van der Waals surface area contributed by atoms with Gasteiger partial charge in [-0.3, -0.25) is 4.79 Å². The third-order valence-electron chi connectivity index (χ3n) is 3.47. The molecule has 0 aromatic carbocycles. The quantitative estimate of drug-likeness (QED) is 0.848. The molecule has 0 aliphatic rings. The molecule has 108 valence electrons. The van der Waals surface area contributed by atoms with Crippen LogP contribution in [0.4, 0.5) is 0 Å². The van der Waals surface area contributed by atoms with Gasteiger partial charge < -0.3 is 9.88 Å². The van der Waals surface area contributed by atoms with Crippen LogP contribution in [0, 0.1) is 0 Å². The molecule has 0 aliphatic carbocycles. The van der Waals surface area contributed by atoms with Gasteiger partial charge >= 0.3 is 0 Å². The summed E-state index contributed by atoms with van der Waals surface area (Å²) in [5.74, 6) is -0.305. The largest absolute Gasteiger partial charge is 0.346 e. The second kappa shape index (κ2) is 5.54. The maximum atomic E-state index is 12.2. The second-order valence-corrected chi connectivity index (χ2v) is 7.40. The van der Waals surface area contributed by atoms with E-state index in [1.165, 1.54) is 16.8 Å². The van der Waals surface area contributed by atoms with E-state index in [0.717, 1.165) is 12.8 Å². The minimum absolute atomic E-state index is 0.0727. The summed E-state index contributed by atoms with van der Waals surface area (Å²) in [4.78, 5) is 12.1. The van der Waals surface area contributed by atoms with Gasteiger partial charge in [-0.2, -0.15) is 0 Å². The molecular weight excluding hydrogens is 288 g/mol. The van der Waals surface area contributed by atoms with Crippen LogP contribution >= 0.6 is 10.7 Å². The van der Waals surface area contributed by atoms with Crippen LogP contribution in [0.2, 0.25) is 0 Å². The standard InChI is InChI=1S/C12H19ClN2O3S/c1-5-12(3,6-2)14-11(16)10-7-9(8-15(10)4)19(13,17)18/h7-8H,5-6H2,1-4H3,(H,14,16). The molecule has 1 aromatic heterocycles. The van der Waals surface area contributed by atoms with Crippen molar-refractivity contribution in [2.24, 2.45) is 7.05 Å².